The molecular formula is C12H23N. The maximum absolute atomic E-state index is 4.16. The fraction of sp³-hybridized carbons (Fsp3) is 0.833. The first kappa shape index (κ1) is 10.6. The van der Waals surface area contributed by atoms with Gasteiger partial charge >= 0.3 is 0 Å². The van der Waals surface area contributed by atoms with Gasteiger partial charge in [-0.05, 0) is 25.7 Å². The molecule has 1 N–H and O–H groups in total. The Morgan fingerprint density at radius 3 is 1.85 bits per heavy atom. The van der Waals surface area contributed by atoms with Gasteiger partial charge in [-0.3, -0.25) is 0 Å². The zero-order valence-electron chi connectivity index (χ0n) is 9.91. The minimum atomic E-state index is 0.207. The van der Waals surface area contributed by atoms with E-state index in [1.165, 1.54) is 12.1 Å². The molecule has 0 bridgehead atoms. The van der Waals surface area contributed by atoms with Gasteiger partial charge in [0.25, 0.3) is 0 Å². The van der Waals surface area contributed by atoms with E-state index in [1.54, 1.807) is 0 Å². The van der Waals surface area contributed by atoms with Crippen molar-refractivity contribution in [2.45, 2.75) is 53.5 Å². The minimum absolute atomic E-state index is 0.207. The van der Waals surface area contributed by atoms with Crippen LogP contribution in [0.1, 0.15) is 48.0 Å². The SMILES string of the molecule is C=C1NC(C)(C)CC1(C)C(C)(C)C. The molecule has 0 spiro atoms. The highest BCUT2D eigenvalue weighted by molar-refractivity contribution is 5.21. The lowest BCUT2D eigenvalue weighted by Crippen LogP contribution is -2.33. The fourth-order valence-corrected chi connectivity index (χ4v) is 2.30. The summed E-state index contributed by atoms with van der Waals surface area (Å²) in [5.74, 6) is 0. The first-order valence-corrected chi connectivity index (χ1v) is 5.06. The van der Waals surface area contributed by atoms with Crippen molar-refractivity contribution in [3.05, 3.63) is 12.3 Å². The van der Waals surface area contributed by atoms with Crippen molar-refractivity contribution in [2.75, 3.05) is 0 Å². The zero-order valence-corrected chi connectivity index (χ0v) is 9.91. The van der Waals surface area contributed by atoms with Crippen LogP contribution in [-0.4, -0.2) is 5.54 Å². The molecule has 1 unspecified atom stereocenters. The summed E-state index contributed by atoms with van der Waals surface area (Å²) in [6.07, 6.45) is 1.17. The van der Waals surface area contributed by atoms with Gasteiger partial charge < -0.3 is 5.32 Å². The van der Waals surface area contributed by atoms with Crippen LogP contribution in [0.15, 0.2) is 12.3 Å². The monoisotopic (exact) mass is 181 g/mol. The van der Waals surface area contributed by atoms with E-state index in [0.29, 0.717) is 0 Å². The standard InChI is InChI=1S/C12H23N/c1-9-12(7,10(2,3)4)8-11(5,6)13-9/h13H,1,8H2,2-7H3. The molecule has 1 aliphatic heterocycles. The van der Waals surface area contributed by atoms with Crippen molar-refractivity contribution in [1.82, 2.24) is 5.32 Å². The molecule has 1 rings (SSSR count). The quantitative estimate of drug-likeness (QED) is 0.604. The molecule has 1 heterocycles. The van der Waals surface area contributed by atoms with E-state index in [-0.39, 0.29) is 16.4 Å². The van der Waals surface area contributed by atoms with Gasteiger partial charge in [0.15, 0.2) is 0 Å². The van der Waals surface area contributed by atoms with Crippen LogP contribution in [0.25, 0.3) is 0 Å². The first-order valence-electron chi connectivity index (χ1n) is 5.06. The summed E-state index contributed by atoms with van der Waals surface area (Å²) >= 11 is 0. The molecule has 0 aromatic rings. The van der Waals surface area contributed by atoms with Crippen LogP contribution in [0.5, 0.6) is 0 Å². The summed E-state index contributed by atoms with van der Waals surface area (Å²) in [6.45, 7) is 17.8. The summed E-state index contributed by atoms with van der Waals surface area (Å²) in [6, 6.07) is 0. The van der Waals surface area contributed by atoms with E-state index >= 15 is 0 Å². The predicted octanol–water partition coefficient (Wildman–Crippen LogP) is 3.32. The van der Waals surface area contributed by atoms with E-state index in [9.17, 15) is 0 Å². The average Bonchev–Trinajstić information content (AvgIpc) is 2.00. The minimum Gasteiger partial charge on any atom is -0.383 e. The molecular weight excluding hydrogens is 158 g/mol. The first-order chi connectivity index (χ1) is 5.58. The van der Waals surface area contributed by atoms with Crippen LogP contribution in [0.3, 0.4) is 0 Å². The van der Waals surface area contributed by atoms with Gasteiger partial charge in [0.05, 0.1) is 0 Å². The molecule has 0 amide bonds. The molecule has 0 aromatic heterocycles. The second-order valence-electron chi connectivity index (χ2n) is 6.25. The molecule has 0 aromatic carbocycles. The van der Waals surface area contributed by atoms with Gasteiger partial charge in [-0.2, -0.15) is 0 Å². The highest BCUT2D eigenvalue weighted by Gasteiger charge is 2.49. The topological polar surface area (TPSA) is 12.0 Å². The normalized spacial score (nSPS) is 33.2. The summed E-state index contributed by atoms with van der Waals surface area (Å²) in [4.78, 5) is 0. The molecule has 13 heavy (non-hydrogen) atoms. The van der Waals surface area contributed by atoms with E-state index in [2.05, 4.69) is 53.4 Å². The predicted molar refractivity (Wildman–Crippen MR) is 58.5 cm³/mol. The van der Waals surface area contributed by atoms with Gasteiger partial charge in [-0.1, -0.05) is 34.3 Å². The molecule has 76 valence electrons. The van der Waals surface area contributed by atoms with Gasteiger partial charge in [0.1, 0.15) is 0 Å². The molecule has 1 atom stereocenters. The van der Waals surface area contributed by atoms with Crippen molar-refractivity contribution in [2.24, 2.45) is 10.8 Å². The molecule has 1 fully saturated rings. The number of nitrogens with one attached hydrogen (secondary N) is 1. The highest BCUT2D eigenvalue weighted by atomic mass is 15.0. The Balaban J connectivity index is 3.01. The van der Waals surface area contributed by atoms with Crippen molar-refractivity contribution in [3.8, 4) is 0 Å². The second-order valence-corrected chi connectivity index (χ2v) is 6.25. The Morgan fingerprint density at radius 1 is 1.23 bits per heavy atom. The van der Waals surface area contributed by atoms with Gasteiger partial charge in [-0.25, -0.2) is 0 Å². The number of rotatable bonds is 0. The average molecular weight is 181 g/mol. The van der Waals surface area contributed by atoms with Crippen LogP contribution >= 0.6 is 0 Å². The smallest absolute Gasteiger partial charge is 0.0323 e. The van der Waals surface area contributed by atoms with Crippen molar-refractivity contribution >= 4 is 0 Å². The molecule has 0 radical (unpaired) electrons. The van der Waals surface area contributed by atoms with Crippen LogP contribution in [0.2, 0.25) is 0 Å². The van der Waals surface area contributed by atoms with Crippen LogP contribution in [0, 0.1) is 10.8 Å². The lowest BCUT2D eigenvalue weighted by Gasteiger charge is -2.39. The molecule has 1 heteroatoms. The third-order valence-corrected chi connectivity index (χ3v) is 3.61. The van der Waals surface area contributed by atoms with E-state index in [1.807, 2.05) is 0 Å². The lowest BCUT2D eigenvalue weighted by molar-refractivity contribution is 0.149. The Kier molecular flexibility index (Phi) is 2.06. The summed E-state index contributed by atoms with van der Waals surface area (Å²) in [5.41, 5.74) is 1.91. The number of allylic oxidation sites excluding steroid dienone is 1. The summed E-state index contributed by atoms with van der Waals surface area (Å²) in [5, 5.41) is 3.50. The van der Waals surface area contributed by atoms with Crippen molar-refractivity contribution in [1.29, 1.82) is 0 Å². The Morgan fingerprint density at radius 2 is 1.69 bits per heavy atom. The molecule has 1 aliphatic rings. The molecule has 0 saturated carbocycles. The second kappa shape index (κ2) is 2.52. The third kappa shape index (κ3) is 1.61. The maximum Gasteiger partial charge on any atom is 0.0323 e. The van der Waals surface area contributed by atoms with E-state index in [4.69, 9.17) is 0 Å². The largest absolute Gasteiger partial charge is 0.383 e. The zero-order chi connectivity index (χ0) is 10.5. The molecule has 1 nitrogen and oxygen atoms in total. The van der Waals surface area contributed by atoms with Crippen LogP contribution in [-0.2, 0) is 0 Å². The molecule has 0 aliphatic carbocycles. The van der Waals surface area contributed by atoms with Crippen molar-refractivity contribution < 1.29 is 0 Å². The van der Waals surface area contributed by atoms with E-state index < -0.39 is 0 Å². The van der Waals surface area contributed by atoms with Crippen LogP contribution in [0.4, 0.5) is 0 Å². The van der Waals surface area contributed by atoms with Crippen LogP contribution < -0.4 is 5.32 Å². The summed E-state index contributed by atoms with van der Waals surface area (Å²) in [7, 11) is 0. The third-order valence-electron chi connectivity index (χ3n) is 3.61. The van der Waals surface area contributed by atoms with Crippen molar-refractivity contribution in [3.63, 3.8) is 0 Å². The lowest BCUT2D eigenvalue weighted by atomic mass is 9.64. The fourth-order valence-electron chi connectivity index (χ4n) is 2.30. The Bertz CT molecular complexity index is 232. The Hall–Kier alpha value is -0.460. The number of hydrogen-bond acceptors (Lipinski definition) is 1. The highest BCUT2D eigenvalue weighted by Crippen LogP contribution is 2.52. The maximum atomic E-state index is 4.16. The van der Waals surface area contributed by atoms with Gasteiger partial charge in [0.2, 0.25) is 0 Å². The van der Waals surface area contributed by atoms with E-state index in [0.717, 1.165) is 0 Å². The number of hydrogen-bond donors (Lipinski definition) is 1. The Labute approximate surface area is 82.6 Å². The summed E-state index contributed by atoms with van der Waals surface area (Å²) < 4.78 is 0. The van der Waals surface area contributed by atoms with Gasteiger partial charge in [0, 0.05) is 16.7 Å². The molecule has 1 saturated heterocycles. The van der Waals surface area contributed by atoms with Gasteiger partial charge in [-0.15, -0.1) is 0 Å².